The van der Waals surface area contributed by atoms with E-state index >= 15 is 0 Å². The van der Waals surface area contributed by atoms with E-state index in [1.807, 2.05) is 24.3 Å². The Hall–Kier alpha value is -2.04. The van der Waals surface area contributed by atoms with E-state index in [1.54, 1.807) is 13.8 Å². The SMILES string of the molecule is CC(C)c1ccc(OCCNC(=O)CC(C)(C)CC(=O)O)cc1. The van der Waals surface area contributed by atoms with Gasteiger partial charge in [-0.15, -0.1) is 0 Å². The van der Waals surface area contributed by atoms with Crippen molar-refractivity contribution in [1.82, 2.24) is 5.32 Å². The average Bonchev–Trinajstić information content (AvgIpc) is 2.42. The van der Waals surface area contributed by atoms with E-state index < -0.39 is 11.4 Å². The van der Waals surface area contributed by atoms with Gasteiger partial charge in [-0.1, -0.05) is 39.8 Å². The molecule has 0 fully saturated rings. The molecule has 1 aromatic rings. The Bertz CT molecular complexity index is 520. The van der Waals surface area contributed by atoms with E-state index in [1.165, 1.54) is 5.56 Å². The van der Waals surface area contributed by atoms with Crippen molar-refractivity contribution in [2.24, 2.45) is 5.41 Å². The maximum atomic E-state index is 11.8. The summed E-state index contributed by atoms with van der Waals surface area (Å²) < 4.78 is 5.58. The second-order valence-electron chi connectivity index (χ2n) is 6.83. The maximum Gasteiger partial charge on any atom is 0.303 e. The summed E-state index contributed by atoms with van der Waals surface area (Å²) in [5, 5.41) is 11.6. The third-order valence-corrected chi connectivity index (χ3v) is 3.51. The Kier molecular flexibility index (Phi) is 7.07. The quantitative estimate of drug-likeness (QED) is 0.685. The van der Waals surface area contributed by atoms with Crippen LogP contribution in [0.2, 0.25) is 0 Å². The molecule has 1 rings (SSSR count). The Morgan fingerprint density at radius 2 is 1.78 bits per heavy atom. The van der Waals surface area contributed by atoms with Crippen LogP contribution in [0.4, 0.5) is 0 Å². The van der Waals surface area contributed by atoms with Gasteiger partial charge in [-0.25, -0.2) is 0 Å². The van der Waals surface area contributed by atoms with Crippen molar-refractivity contribution in [3.63, 3.8) is 0 Å². The predicted octanol–water partition coefficient (Wildman–Crippen LogP) is 3.20. The maximum absolute atomic E-state index is 11.8. The molecule has 0 aromatic heterocycles. The number of benzene rings is 1. The molecule has 0 aliphatic rings. The summed E-state index contributed by atoms with van der Waals surface area (Å²) in [4.78, 5) is 22.5. The lowest BCUT2D eigenvalue weighted by Crippen LogP contribution is -2.32. The number of hydrogen-bond acceptors (Lipinski definition) is 3. The average molecular weight is 321 g/mol. The molecule has 0 saturated carbocycles. The lowest BCUT2D eigenvalue weighted by molar-refractivity contribution is -0.139. The zero-order valence-corrected chi connectivity index (χ0v) is 14.4. The summed E-state index contributed by atoms with van der Waals surface area (Å²) in [6, 6.07) is 7.92. The molecule has 0 unspecified atom stereocenters. The number of carboxylic acid groups (broad SMARTS) is 1. The van der Waals surface area contributed by atoms with Crippen LogP contribution in [0.3, 0.4) is 0 Å². The van der Waals surface area contributed by atoms with Crippen molar-refractivity contribution in [2.45, 2.75) is 46.5 Å². The minimum absolute atomic E-state index is 0.0287. The summed E-state index contributed by atoms with van der Waals surface area (Å²) in [5.74, 6) is 0.207. The van der Waals surface area contributed by atoms with Gasteiger partial charge < -0.3 is 15.2 Å². The van der Waals surface area contributed by atoms with Gasteiger partial charge in [0.05, 0.1) is 13.0 Å². The molecule has 0 heterocycles. The molecule has 0 radical (unpaired) electrons. The fraction of sp³-hybridized carbons (Fsp3) is 0.556. The third kappa shape index (κ3) is 7.68. The number of amides is 1. The third-order valence-electron chi connectivity index (χ3n) is 3.51. The van der Waals surface area contributed by atoms with Crippen molar-refractivity contribution in [1.29, 1.82) is 0 Å². The highest BCUT2D eigenvalue weighted by molar-refractivity contribution is 5.77. The van der Waals surface area contributed by atoms with E-state index in [2.05, 4.69) is 19.2 Å². The van der Waals surface area contributed by atoms with Crippen molar-refractivity contribution in [3.8, 4) is 5.75 Å². The highest BCUT2D eigenvalue weighted by Crippen LogP contribution is 2.24. The highest BCUT2D eigenvalue weighted by Gasteiger charge is 2.24. The van der Waals surface area contributed by atoms with Crippen LogP contribution < -0.4 is 10.1 Å². The van der Waals surface area contributed by atoms with Gasteiger partial charge in [-0.3, -0.25) is 9.59 Å². The van der Waals surface area contributed by atoms with Gasteiger partial charge in [0.1, 0.15) is 12.4 Å². The zero-order chi connectivity index (χ0) is 17.5. The summed E-state index contributed by atoms with van der Waals surface area (Å²) in [6.07, 6.45) is 0.154. The summed E-state index contributed by atoms with van der Waals surface area (Å²) >= 11 is 0. The minimum Gasteiger partial charge on any atom is -0.492 e. The van der Waals surface area contributed by atoms with Gasteiger partial charge in [-0.05, 0) is 29.0 Å². The van der Waals surface area contributed by atoms with Crippen LogP contribution in [0.25, 0.3) is 0 Å². The van der Waals surface area contributed by atoms with Crippen LogP contribution in [0.15, 0.2) is 24.3 Å². The van der Waals surface area contributed by atoms with E-state index in [9.17, 15) is 9.59 Å². The molecule has 0 saturated heterocycles. The van der Waals surface area contributed by atoms with E-state index in [4.69, 9.17) is 9.84 Å². The van der Waals surface area contributed by atoms with Gasteiger partial charge in [0.15, 0.2) is 0 Å². The van der Waals surface area contributed by atoms with Crippen molar-refractivity contribution >= 4 is 11.9 Å². The Morgan fingerprint density at radius 1 is 1.17 bits per heavy atom. The Labute approximate surface area is 138 Å². The van der Waals surface area contributed by atoms with Crippen LogP contribution in [0, 0.1) is 5.41 Å². The van der Waals surface area contributed by atoms with Gasteiger partial charge in [0.25, 0.3) is 0 Å². The topological polar surface area (TPSA) is 75.6 Å². The highest BCUT2D eigenvalue weighted by atomic mass is 16.5. The van der Waals surface area contributed by atoms with Crippen LogP contribution in [-0.4, -0.2) is 30.1 Å². The van der Waals surface area contributed by atoms with Crippen molar-refractivity contribution in [2.75, 3.05) is 13.2 Å². The summed E-state index contributed by atoms with van der Waals surface area (Å²) in [6.45, 7) is 8.59. The molecule has 0 aliphatic carbocycles. The van der Waals surface area contributed by atoms with Gasteiger partial charge in [0, 0.05) is 6.42 Å². The first-order valence-electron chi connectivity index (χ1n) is 7.91. The molecule has 5 heteroatoms. The minimum atomic E-state index is -0.893. The van der Waals surface area contributed by atoms with Gasteiger partial charge >= 0.3 is 5.97 Å². The molecule has 2 N–H and O–H groups in total. The normalized spacial score (nSPS) is 11.3. The number of aliphatic carboxylic acids is 1. The number of carboxylic acids is 1. The number of carbonyl (C=O) groups is 2. The number of rotatable bonds is 9. The van der Waals surface area contributed by atoms with E-state index in [0.29, 0.717) is 19.1 Å². The van der Waals surface area contributed by atoms with Crippen LogP contribution in [0.5, 0.6) is 5.75 Å². The van der Waals surface area contributed by atoms with Crippen LogP contribution in [-0.2, 0) is 9.59 Å². The van der Waals surface area contributed by atoms with Crippen molar-refractivity contribution in [3.05, 3.63) is 29.8 Å². The fourth-order valence-electron chi connectivity index (χ4n) is 2.28. The molecule has 0 atom stereocenters. The number of hydrogen-bond donors (Lipinski definition) is 2. The second kappa shape index (κ2) is 8.56. The fourth-order valence-corrected chi connectivity index (χ4v) is 2.28. The Morgan fingerprint density at radius 3 is 2.30 bits per heavy atom. The number of carbonyl (C=O) groups excluding carboxylic acids is 1. The molecule has 0 spiro atoms. The number of nitrogens with one attached hydrogen (secondary N) is 1. The first kappa shape index (κ1) is 19.0. The molecule has 0 aliphatic heterocycles. The monoisotopic (exact) mass is 321 g/mol. The van der Waals surface area contributed by atoms with Crippen LogP contribution >= 0.6 is 0 Å². The van der Waals surface area contributed by atoms with Crippen LogP contribution in [0.1, 0.15) is 52.0 Å². The molecule has 5 nitrogen and oxygen atoms in total. The second-order valence-corrected chi connectivity index (χ2v) is 6.83. The molecule has 23 heavy (non-hydrogen) atoms. The summed E-state index contributed by atoms with van der Waals surface area (Å²) in [5.41, 5.74) is 0.704. The molecular formula is C18H27NO4. The first-order valence-corrected chi connectivity index (χ1v) is 7.91. The molecule has 1 amide bonds. The predicted molar refractivity (Wildman–Crippen MR) is 89.7 cm³/mol. The van der Waals surface area contributed by atoms with Crippen molar-refractivity contribution < 1.29 is 19.4 Å². The standard InChI is InChI=1S/C18H27NO4/c1-13(2)14-5-7-15(8-6-14)23-10-9-19-16(20)11-18(3,4)12-17(21)22/h5-8,13H,9-12H2,1-4H3,(H,19,20)(H,21,22). The van der Waals surface area contributed by atoms with Gasteiger partial charge in [0.2, 0.25) is 5.91 Å². The molecular weight excluding hydrogens is 294 g/mol. The van der Waals surface area contributed by atoms with E-state index in [-0.39, 0.29) is 18.7 Å². The lowest BCUT2D eigenvalue weighted by Gasteiger charge is -2.21. The zero-order valence-electron chi connectivity index (χ0n) is 14.4. The molecule has 1 aromatic carbocycles. The van der Waals surface area contributed by atoms with Gasteiger partial charge in [-0.2, -0.15) is 0 Å². The van der Waals surface area contributed by atoms with E-state index in [0.717, 1.165) is 5.75 Å². The Balaban J connectivity index is 2.28. The summed E-state index contributed by atoms with van der Waals surface area (Å²) in [7, 11) is 0. The lowest BCUT2D eigenvalue weighted by atomic mass is 9.85. The number of ether oxygens (including phenoxy) is 1. The smallest absolute Gasteiger partial charge is 0.303 e. The largest absolute Gasteiger partial charge is 0.492 e. The first-order chi connectivity index (χ1) is 10.7. The molecule has 128 valence electrons. The molecule has 0 bridgehead atoms.